The van der Waals surface area contributed by atoms with Crippen LogP contribution in [0.3, 0.4) is 0 Å². The molecule has 19 aromatic rings. The fraction of sp³-hybridized carbons (Fsp3) is 0.0800. The molecule has 4 nitrogen and oxygen atoms in total. The number of rotatable bonds is 4. The zero-order valence-corrected chi connectivity index (χ0v) is 57.9. The third kappa shape index (κ3) is 7.71. The third-order valence-corrected chi connectivity index (χ3v) is 24.5. The molecule has 4 heteroatoms. The van der Waals surface area contributed by atoms with Gasteiger partial charge in [-0.3, -0.25) is 0 Å². The highest BCUT2D eigenvalue weighted by molar-refractivity contribution is 6.26. The van der Waals surface area contributed by atoms with Crippen molar-refractivity contribution in [3.8, 4) is 44.8 Å². The Labute approximate surface area is 600 Å². The molecule has 0 N–H and O–H groups in total. The van der Waals surface area contributed by atoms with Crippen LogP contribution in [0.25, 0.3) is 181 Å². The summed E-state index contributed by atoms with van der Waals surface area (Å²) in [4.78, 5) is 0. The van der Waals surface area contributed by atoms with Gasteiger partial charge in [-0.05, 0) is 177 Å². The Kier molecular flexibility index (Phi) is 11.7. The summed E-state index contributed by atoms with van der Waals surface area (Å²) in [6, 6.07) is 105. The Morgan fingerprint density at radius 3 is 1.27 bits per heavy atom. The van der Waals surface area contributed by atoms with Crippen molar-refractivity contribution in [1.82, 2.24) is 9.13 Å². The topological polar surface area (TPSA) is 36.1 Å². The van der Waals surface area contributed by atoms with Gasteiger partial charge in [0.1, 0.15) is 22.3 Å². The smallest absolute Gasteiger partial charge is 0.143 e. The SMILES string of the molecule is CC1(C)c2ccc3c(oc4ccccc43)c2-c2ccc3c(c21)c1ccccc1n3-c1cccc(-c2ccc3c4ccccc4c4ccccc4c3c2)c1.CC1(C)c2ccc3c(oc4ccccc43)c2-c2ccc3c(c21)c1ccccc1n3-c1cccc(C2=CC=C3c4ccccc4C4=CC=CC2C43)c1. The van der Waals surface area contributed by atoms with Crippen LogP contribution < -0.4 is 0 Å². The number of benzene rings is 15. The van der Waals surface area contributed by atoms with Crippen LogP contribution in [0.15, 0.2) is 324 Å². The third-order valence-electron chi connectivity index (χ3n) is 24.5. The first-order valence-corrected chi connectivity index (χ1v) is 36.6. The Morgan fingerprint density at radius 1 is 0.298 bits per heavy atom. The number of aromatic nitrogens is 2. The fourth-order valence-corrected chi connectivity index (χ4v) is 20.1. The predicted octanol–water partition coefficient (Wildman–Crippen LogP) is 26.8. The first kappa shape index (κ1) is 57.9. The summed E-state index contributed by atoms with van der Waals surface area (Å²) in [6.45, 7) is 9.53. The molecular formula is C100H66N2O2. The van der Waals surface area contributed by atoms with Crippen LogP contribution in [0.2, 0.25) is 0 Å². The van der Waals surface area contributed by atoms with Crippen LogP contribution in [0.1, 0.15) is 66.6 Å². The second kappa shape index (κ2) is 20.9. The molecule has 4 aromatic heterocycles. The number of allylic oxidation sites excluding steroid dienone is 8. The molecule has 0 saturated heterocycles. The summed E-state index contributed by atoms with van der Waals surface area (Å²) in [6.07, 6.45) is 11.8. The van der Waals surface area contributed by atoms with Gasteiger partial charge >= 0.3 is 0 Å². The van der Waals surface area contributed by atoms with E-state index in [9.17, 15) is 0 Å². The first-order chi connectivity index (χ1) is 51.1. The maximum Gasteiger partial charge on any atom is 0.143 e. The van der Waals surface area contributed by atoms with Gasteiger partial charge in [0.25, 0.3) is 0 Å². The van der Waals surface area contributed by atoms with Crippen LogP contribution >= 0.6 is 0 Å². The monoisotopic (exact) mass is 1330 g/mol. The summed E-state index contributed by atoms with van der Waals surface area (Å²) < 4.78 is 18.2. The lowest BCUT2D eigenvalue weighted by Crippen LogP contribution is -2.18. The minimum atomic E-state index is -0.216. The number of fused-ring (bicyclic) bond motifs is 31. The summed E-state index contributed by atoms with van der Waals surface area (Å²) in [5.41, 5.74) is 31.9. The molecule has 2 unspecified atom stereocenters. The molecule has 0 radical (unpaired) electrons. The van der Waals surface area contributed by atoms with Crippen molar-refractivity contribution >= 4 is 137 Å². The molecule has 24 rings (SSSR count). The van der Waals surface area contributed by atoms with E-state index in [1.165, 1.54) is 192 Å². The summed E-state index contributed by atoms with van der Waals surface area (Å²) in [5.74, 6) is 0.678. The molecule has 2 atom stereocenters. The highest BCUT2D eigenvalue weighted by Gasteiger charge is 2.44. The predicted molar refractivity (Wildman–Crippen MR) is 436 cm³/mol. The molecule has 0 aliphatic heterocycles. The molecule has 5 aliphatic carbocycles. The van der Waals surface area contributed by atoms with Gasteiger partial charge in [0, 0.05) is 88.3 Å². The largest absolute Gasteiger partial charge is 0.455 e. The minimum Gasteiger partial charge on any atom is -0.455 e. The maximum atomic E-state index is 6.64. The molecule has 15 aromatic carbocycles. The lowest BCUT2D eigenvalue weighted by Gasteiger charge is -2.31. The quantitative estimate of drug-likeness (QED) is 0.165. The van der Waals surface area contributed by atoms with Crippen molar-refractivity contribution in [3.63, 3.8) is 0 Å². The average molecular weight is 1330 g/mol. The molecule has 5 aliphatic rings. The van der Waals surface area contributed by atoms with E-state index >= 15 is 0 Å². The number of nitrogens with zero attached hydrogens (tertiary/aromatic N) is 2. The normalized spacial score (nSPS) is 16.4. The highest BCUT2D eigenvalue weighted by atomic mass is 16.3. The molecule has 0 amide bonds. The zero-order valence-electron chi connectivity index (χ0n) is 57.9. The van der Waals surface area contributed by atoms with Crippen LogP contribution in [0.4, 0.5) is 0 Å². The maximum absolute atomic E-state index is 6.64. The number of furan rings is 2. The Hall–Kier alpha value is -12.8. The average Bonchev–Trinajstić information content (AvgIpc) is 1.53. The Balaban J connectivity index is 0.000000127. The van der Waals surface area contributed by atoms with E-state index < -0.39 is 0 Å². The van der Waals surface area contributed by atoms with Crippen LogP contribution in [-0.4, -0.2) is 9.13 Å². The van der Waals surface area contributed by atoms with Crippen LogP contribution in [-0.2, 0) is 10.8 Å². The minimum absolute atomic E-state index is 0.206. The van der Waals surface area contributed by atoms with Gasteiger partial charge in [-0.25, -0.2) is 0 Å². The van der Waals surface area contributed by atoms with E-state index in [0.717, 1.165) is 28.0 Å². The van der Waals surface area contributed by atoms with Gasteiger partial charge in [-0.15, -0.1) is 0 Å². The second-order valence-corrected chi connectivity index (χ2v) is 30.4. The van der Waals surface area contributed by atoms with E-state index in [1.54, 1.807) is 0 Å². The molecule has 104 heavy (non-hydrogen) atoms. The van der Waals surface area contributed by atoms with Gasteiger partial charge in [0.05, 0.1) is 22.1 Å². The zero-order chi connectivity index (χ0) is 68.6. The van der Waals surface area contributed by atoms with E-state index in [2.05, 4.69) is 352 Å². The molecule has 0 fully saturated rings. The van der Waals surface area contributed by atoms with Crippen molar-refractivity contribution in [2.24, 2.45) is 11.8 Å². The van der Waals surface area contributed by atoms with Crippen molar-refractivity contribution < 1.29 is 8.83 Å². The van der Waals surface area contributed by atoms with E-state index in [0.29, 0.717) is 11.8 Å². The van der Waals surface area contributed by atoms with Gasteiger partial charge < -0.3 is 18.0 Å². The Bertz CT molecular complexity index is 7210. The van der Waals surface area contributed by atoms with Gasteiger partial charge in [-0.2, -0.15) is 0 Å². The summed E-state index contributed by atoms with van der Waals surface area (Å²) >= 11 is 0. The van der Waals surface area contributed by atoms with Crippen molar-refractivity contribution in [3.05, 3.63) is 354 Å². The molecule has 4 heterocycles. The molecule has 0 saturated carbocycles. The number of para-hydroxylation sites is 4. The van der Waals surface area contributed by atoms with E-state index in [-0.39, 0.29) is 10.8 Å². The fourth-order valence-electron chi connectivity index (χ4n) is 20.1. The van der Waals surface area contributed by atoms with E-state index in [1.807, 2.05) is 0 Å². The van der Waals surface area contributed by atoms with E-state index in [4.69, 9.17) is 8.83 Å². The highest BCUT2D eigenvalue weighted by Crippen LogP contribution is 2.60. The van der Waals surface area contributed by atoms with Crippen LogP contribution in [0, 0.1) is 11.8 Å². The standard InChI is InChI=1S/C51H33NO.C49H33NO/c1-51(2)43-26-24-39-38-18-8-10-21-46(38)53-50(39)47(43)41-25-27-45-48(49(41)51)40-19-7-9-20-44(40)52(45)32-13-11-12-30(28-32)31-22-23-37-35-16-4-3-14-33(35)34-15-5-6-17-36(34)42(37)29-31;1-49(2)40-25-23-37-33-15-6-8-20-43(33)51-48(37)45(40)39-24-26-42-46(47(39)49)38-16-5-7-19-41(38)50(42)29-12-9-11-28(27-29)30-21-22-36-32-14-4-3-13-31(32)35-18-10-17-34(30)44(35)36/h3-29H,1-2H3;3-27,34,44H,1-2H3. The van der Waals surface area contributed by atoms with Crippen LogP contribution in [0.5, 0.6) is 0 Å². The number of hydrogen-bond donors (Lipinski definition) is 0. The lowest BCUT2D eigenvalue weighted by molar-refractivity contribution is 0.657. The summed E-state index contributed by atoms with van der Waals surface area (Å²) in [5, 5.41) is 17.7. The Morgan fingerprint density at radius 2 is 0.721 bits per heavy atom. The van der Waals surface area contributed by atoms with Crippen molar-refractivity contribution in [1.29, 1.82) is 0 Å². The van der Waals surface area contributed by atoms with Gasteiger partial charge in [0.2, 0.25) is 0 Å². The lowest BCUT2D eigenvalue weighted by atomic mass is 9.72. The van der Waals surface area contributed by atoms with Gasteiger partial charge in [0.15, 0.2) is 0 Å². The second-order valence-electron chi connectivity index (χ2n) is 30.4. The molecular weight excluding hydrogens is 1260 g/mol. The first-order valence-electron chi connectivity index (χ1n) is 36.6. The van der Waals surface area contributed by atoms with Gasteiger partial charge in [-0.1, -0.05) is 276 Å². The van der Waals surface area contributed by atoms with Crippen molar-refractivity contribution in [2.45, 2.75) is 38.5 Å². The molecule has 0 spiro atoms. The number of hydrogen-bond acceptors (Lipinski definition) is 2. The summed E-state index contributed by atoms with van der Waals surface area (Å²) in [7, 11) is 0. The molecule has 488 valence electrons. The molecule has 0 bridgehead atoms. The van der Waals surface area contributed by atoms with Crippen molar-refractivity contribution in [2.75, 3.05) is 0 Å².